The first-order valence-corrected chi connectivity index (χ1v) is 8.17. The van der Waals surface area contributed by atoms with Gasteiger partial charge in [-0.3, -0.25) is 9.69 Å². The summed E-state index contributed by atoms with van der Waals surface area (Å²) in [4.78, 5) is 18.4. The van der Waals surface area contributed by atoms with Crippen molar-refractivity contribution in [1.29, 1.82) is 0 Å². The molecule has 0 saturated carbocycles. The predicted octanol–water partition coefficient (Wildman–Crippen LogP) is 0.857. The first-order valence-electron chi connectivity index (χ1n) is 8.17. The Bertz CT molecular complexity index is 317. The third-order valence-corrected chi connectivity index (χ3v) is 4.31. The second-order valence-electron chi connectivity index (χ2n) is 6.95. The van der Waals surface area contributed by atoms with E-state index in [0.29, 0.717) is 12.1 Å². The summed E-state index contributed by atoms with van der Waals surface area (Å²) in [5, 5.41) is 3.50. The van der Waals surface area contributed by atoms with Crippen LogP contribution in [0.5, 0.6) is 0 Å². The van der Waals surface area contributed by atoms with Crippen molar-refractivity contribution in [3.05, 3.63) is 0 Å². The zero-order valence-corrected chi connectivity index (χ0v) is 14.7. The Morgan fingerprint density at radius 1 is 1.10 bits per heavy atom. The van der Waals surface area contributed by atoms with E-state index in [-0.39, 0.29) is 11.9 Å². The van der Waals surface area contributed by atoms with E-state index in [0.717, 1.165) is 38.9 Å². The lowest BCUT2D eigenvalue weighted by molar-refractivity contribution is -0.130. The summed E-state index contributed by atoms with van der Waals surface area (Å²) in [6.45, 7) is 7.83. The number of hydrogen-bond acceptors (Lipinski definition) is 4. The summed E-state index contributed by atoms with van der Waals surface area (Å²) in [6.07, 6.45) is 3.22. The molecule has 1 N–H and O–H groups in total. The molecule has 1 rings (SSSR count). The molecule has 1 heterocycles. The zero-order chi connectivity index (χ0) is 16.0. The van der Waals surface area contributed by atoms with Gasteiger partial charge in [-0.2, -0.15) is 0 Å². The molecule has 1 aliphatic heterocycles. The van der Waals surface area contributed by atoms with E-state index in [1.165, 1.54) is 0 Å². The molecule has 0 aliphatic carbocycles. The number of amides is 1. The fourth-order valence-corrected chi connectivity index (χ4v) is 2.83. The SMILES string of the molecule is CC(C)N(CCC1CCC(C(=O)N(C)C)N1)CCN(C)C. The highest BCUT2D eigenvalue weighted by atomic mass is 16.2. The molecule has 0 radical (unpaired) electrons. The molecule has 1 amide bonds. The molecule has 1 aliphatic rings. The van der Waals surface area contributed by atoms with Gasteiger partial charge in [-0.05, 0) is 53.8 Å². The summed E-state index contributed by atoms with van der Waals surface area (Å²) < 4.78 is 0. The number of likely N-dealkylation sites (N-methyl/N-ethyl adjacent to an activating group) is 2. The van der Waals surface area contributed by atoms with Crippen molar-refractivity contribution in [3.63, 3.8) is 0 Å². The maximum Gasteiger partial charge on any atom is 0.239 e. The summed E-state index contributed by atoms with van der Waals surface area (Å²) >= 11 is 0. The van der Waals surface area contributed by atoms with Crippen LogP contribution in [0.2, 0.25) is 0 Å². The third kappa shape index (κ3) is 6.32. The van der Waals surface area contributed by atoms with Crippen LogP contribution < -0.4 is 5.32 Å². The average Bonchev–Trinajstić information content (AvgIpc) is 2.85. The quantitative estimate of drug-likeness (QED) is 0.721. The largest absolute Gasteiger partial charge is 0.347 e. The lowest BCUT2D eigenvalue weighted by Crippen LogP contribution is -2.43. The van der Waals surface area contributed by atoms with Gasteiger partial charge in [0.25, 0.3) is 0 Å². The topological polar surface area (TPSA) is 38.8 Å². The monoisotopic (exact) mass is 298 g/mol. The number of hydrogen-bond donors (Lipinski definition) is 1. The normalized spacial score (nSPS) is 22.5. The van der Waals surface area contributed by atoms with Crippen molar-refractivity contribution in [1.82, 2.24) is 20.0 Å². The molecule has 124 valence electrons. The lowest BCUT2D eigenvalue weighted by Gasteiger charge is -2.29. The summed E-state index contributed by atoms with van der Waals surface area (Å²) in [5.41, 5.74) is 0. The first-order chi connectivity index (χ1) is 9.81. The van der Waals surface area contributed by atoms with Gasteiger partial charge in [-0.1, -0.05) is 0 Å². The van der Waals surface area contributed by atoms with E-state index in [4.69, 9.17) is 0 Å². The molecule has 2 unspecified atom stereocenters. The first kappa shape index (κ1) is 18.4. The summed E-state index contributed by atoms with van der Waals surface area (Å²) in [5.74, 6) is 0.214. The average molecular weight is 298 g/mol. The Morgan fingerprint density at radius 2 is 1.76 bits per heavy atom. The summed E-state index contributed by atoms with van der Waals surface area (Å²) in [7, 11) is 7.90. The van der Waals surface area contributed by atoms with Gasteiger partial charge in [-0.15, -0.1) is 0 Å². The van der Waals surface area contributed by atoms with Gasteiger partial charge in [0.05, 0.1) is 6.04 Å². The Labute approximate surface area is 130 Å². The Kier molecular flexibility index (Phi) is 7.63. The second kappa shape index (κ2) is 8.71. The molecule has 5 nitrogen and oxygen atoms in total. The zero-order valence-electron chi connectivity index (χ0n) is 14.7. The molecule has 0 bridgehead atoms. The van der Waals surface area contributed by atoms with E-state index in [1.807, 2.05) is 14.1 Å². The van der Waals surface area contributed by atoms with Crippen molar-refractivity contribution >= 4 is 5.91 Å². The third-order valence-electron chi connectivity index (χ3n) is 4.31. The molecule has 0 aromatic rings. The Morgan fingerprint density at radius 3 is 2.29 bits per heavy atom. The minimum atomic E-state index is 0.0271. The molecule has 21 heavy (non-hydrogen) atoms. The highest BCUT2D eigenvalue weighted by Crippen LogP contribution is 2.17. The maximum atomic E-state index is 12.0. The van der Waals surface area contributed by atoms with Crippen molar-refractivity contribution in [2.75, 3.05) is 47.8 Å². The van der Waals surface area contributed by atoms with Crippen molar-refractivity contribution in [3.8, 4) is 0 Å². The van der Waals surface area contributed by atoms with Gasteiger partial charge < -0.3 is 15.1 Å². The minimum absolute atomic E-state index is 0.0271. The van der Waals surface area contributed by atoms with Crippen LogP contribution in [0.25, 0.3) is 0 Å². The smallest absolute Gasteiger partial charge is 0.239 e. The van der Waals surface area contributed by atoms with Crippen molar-refractivity contribution in [2.24, 2.45) is 0 Å². The van der Waals surface area contributed by atoms with Crippen LogP contribution in [0.4, 0.5) is 0 Å². The van der Waals surface area contributed by atoms with Crippen LogP contribution in [0.1, 0.15) is 33.1 Å². The van der Waals surface area contributed by atoms with Gasteiger partial charge in [0.1, 0.15) is 0 Å². The van der Waals surface area contributed by atoms with Crippen LogP contribution in [0.15, 0.2) is 0 Å². The van der Waals surface area contributed by atoms with Crippen LogP contribution >= 0.6 is 0 Å². The van der Waals surface area contributed by atoms with E-state index >= 15 is 0 Å². The molecule has 1 fully saturated rings. The standard InChI is InChI=1S/C16H34N4O/c1-13(2)20(12-11-18(3)4)10-9-14-7-8-15(17-14)16(21)19(5)6/h13-15,17H,7-12H2,1-6H3. The van der Waals surface area contributed by atoms with Crippen LogP contribution in [0.3, 0.4) is 0 Å². The van der Waals surface area contributed by atoms with Crippen LogP contribution in [-0.2, 0) is 4.79 Å². The number of nitrogens with zero attached hydrogens (tertiary/aromatic N) is 3. The number of nitrogens with one attached hydrogen (secondary N) is 1. The minimum Gasteiger partial charge on any atom is -0.347 e. The van der Waals surface area contributed by atoms with E-state index in [1.54, 1.807) is 4.90 Å². The fourth-order valence-electron chi connectivity index (χ4n) is 2.83. The molecule has 0 aromatic heterocycles. The number of carbonyl (C=O) groups excluding carboxylic acids is 1. The second-order valence-corrected chi connectivity index (χ2v) is 6.95. The lowest BCUT2D eigenvalue weighted by atomic mass is 10.1. The van der Waals surface area contributed by atoms with Crippen LogP contribution in [-0.4, -0.2) is 86.6 Å². The summed E-state index contributed by atoms with van der Waals surface area (Å²) in [6, 6.07) is 1.09. The van der Waals surface area contributed by atoms with Gasteiger partial charge in [0.2, 0.25) is 5.91 Å². The van der Waals surface area contributed by atoms with Crippen molar-refractivity contribution < 1.29 is 4.79 Å². The van der Waals surface area contributed by atoms with Gasteiger partial charge in [-0.25, -0.2) is 0 Å². The number of rotatable bonds is 8. The predicted molar refractivity (Wildman–Crippen MR) is 88.5 cm³/mol. The van der Waals surface area contributed by atoms with E-state index in [2.05, 4.69) is 43.1 Å². The van der Waals surface area contributed by atoms with Crippen LogP contribution in [0, 0.1) is 0 Å². The highest BCUT2D eigenvalue weighted by Gasteiger charge is 2.30. The Balaban J connectivity index is 2.35. The molecular formula is C16H34N4O. The van der Waals surface area contributed by atoms with E-state index < -0.39 is 0 Å². The molecule has 1 saturated heterocycles. The molecule has 5 heteroatoms. The fraction of sp³-hybridized carbons (Fsp3) is 0.938. The van der Waals surface area contributed by atoms with Gasteiger partial charge in [0.15, 0.2) is 0 Å². The highest BCUT2D eigenvalue weighted by molar-refractivity contribution is 5.81. The Hall–Kier alpha value is -0.650. The van der Waals surface area contributed by atoms with Gasteiger partial charge in [0, 0.05) is 39.3 Å². The number of carbonyl (C=O) groups is 1. The maximum absolute atomic E-state index is 12.0. The molecular weight excluding hydrogens is 264 g/mol. The molecule has 2 atom stereocenters. The van der Waals surface area contributed by atoms with E-state index in [9.17, 15) is 4.79 Å². The molecule has 0 spiro atoms. The van der Waals surface area contributed by atoms with Gasteiger partial charge >= 0.3 is 0 Å². The molecule has 0 aromatic carbocycles. The van der Waals surface area contributed by atoms with Crippen molar-refractivity contribution in [2.45, 2.75) is 51.2 Å².